The molecule has 0 unspecified atom stereocenters. The molecule has 0 saturated carbocycles. The predicted octanol–water partition coefficient (Wildman–Crippen LogP) is 1.41. The van der Waals surface area contributed by atoms with Gasteiger partial charge in [0.15, 0.2) is 5.84 Å². The van der Waals surface area contributed by atoms with Crippen LogP contribution in [0.1, 0.15) is 18.4 Å². The monoisotopic (exact) mass is 313 g/mol. The van der Waals surface area contributed by atoms with Crippen LogP contribution in [0.3, 0.4) is 0 Å². The summed E-state index contributed by atoms with van der Waals surface area (Å²) in [6, 6.07) is 5.49. The normalized spacial score (nSPS) is 17.2. The molecule has 0 atom stereocenters. The van der Waals surface area contributed by atoms with Crippen molar-refractivity contribution in [1.29, 1.82) is 0 Å². The van der Waals surface area contributed by atoms with Crippen LogP contribution >= 0.6 is 11.6 Å². The maximum atomic E-state index is 8.76. The third-order valence-corrected chi connectivity index (χ3v) is 3.90. The lowest BCUT2D eigenvalue weighted by Crippen LogP contribution is -2.37. The second-order valence-corrected chi connectivity index (χ2v) is 5.34. The molecular formula is C14H20ClN3O3. The van der Waals surface area contributed by atoms with Gasteiger partial charge in [-0.05, 0) is 31.0 Å². The van der Waals surface area contributed by atoms with Crippen molar-refractivity contribution in [1.82, 2.24) is 0 Å². The number of nitrogens with two attached hydrogens (primary N) is 1. The molecule has 1 heterocycles. The van der Waals surface area contributed by atoms with Gasteiger partial charge in [0.25, 0.3) is 0 Å². The molecule has 6 nitrogen and oxygen atoms in total. The number of hydrogen-bond acceptors (Lipinski definition) is 5. The van der Waals surface area contributed by atoms with Crippen molar-refractivity contribution in [3.8, 4) is 0 Å². The van der Waals surface area contributed by atoms with E-state index in [1.807, 2.05) is 12.1 Å². The van der Waals surface area contributed by atoms with E-state index in [1.165, 1.54) is 0 Å². The maximum absolute atomic E-state index is 8.76. The summed E-state index contributed by atoms with van der Waals surface area (Å²) in [7, 11) is 0. The molecule has 1 saturated heterocycles. The van der Waals surface area contributed by atoms with Gasteiger partial charge in [-0.3, -0.25) is 0 Å². The molecule has 4 N–H and O–H groups in total. The molecule has 7 heteroatoms. The van der Waals surface area contributed by atoms with Crippen LogP contribution in [0.15, 0.2) is 23.4 Å². The second kappa shape index (κ2) is 7.49. The number of amidine groups is 1. The van der Waals surface area contributed by atoms with E-state index in [-0.39, 0.29) is 18.5 Å². The number of piperidine rings is 1. The number of ether oxygens (including phenoxy) is 1. The van der Waals surface area contributed by atoms with E-state index >= 15 is 0 Å². The molecule has 1 fully saturated rings. The highest BCUT2D eigenvalue weighted by Gasteiger charge is 2.20. The molecule has 2 rings (SSSR count). The van der Waals surface area contributed by atoms with Crippen LogP contribution in [0.25, 0.3) is 0 Å². The Kier molecular flexibility index (Phi) is 5.67. The average Bonchev–Trinajstić information content (AvgIpc) is 2.52. The van der Waals surface area contributed by atoms with Gasteiger partial charge < -0.3 is 25.7 Å². The van der Waals surface area contributed by atoms with Gasteiger partial charge in [0.05, 0.1) is 24.3 Å². The average molecular weight is 314 g/mol. The quantitative estimate of drug-likeness (QED) is 0.331. The van der Waals surface area contributed by atoms with Gasteiger partial charge >= 0.3 is 0 Å². The van der Waals surface area contributed by atoms with Gasteiger partial charge in [-0.25, -0.2) is 0 Å². The summed E-state index contributed by atoms with van der Waals surface area (Å²) in [5.74, 6) is 0.00246. The summed E-state index contributed by atoms with van der Waals surface area (Å²) < 4.78 is 5.54. The SMILES string of the molecule is N/C(=N/O)c1ccc(N2CCC(OCCO)CC2)cc1Cl. The first-order chi connectivity index (χ1) is 10.2. The smallest absolute Gasteiger partial charge is 0.171 e. The Labute approximate surface area is 128 Å². The van der Waals surface area contributed by atoms with Crippen LogP contribution in [-0.2, 0) is 4.74 Å². The van der Waals surface area contributed by atoms with E-state index in [2.05, 4.69) is 10.1 Å². The Bertz CT molecular complexity index is 502. The van der Waals surface area contributed by atoms with E-state index in [0.717, 1.165) is 31.6 Å². The molecule has 1 aliphatic heterocycles. The summed E-state index contributed by atoms with van der Waals surface area (Å²) in [4.78, 5) is 2.22. The molecule has 1 aromatic carbocycles. The van der Waals surface area contributed by atoms with Crippen molar-refractivity contribution in [2.45, 2.75) is 18.9 Å². The van der Waals surface area contributed by atoms with Gasteiger partial charge in [0.2, 0.25) is 0 Å². The summed E-state index contributed by atoms with van der Waals surface area (Å²) in [5, 5.41) is 20.9. The van der Waals surface area contributed by atoms with E-state index < -0.39 is 0 Å². The summed E-state index contributed by atoms with van der Waals surface area (Å²) >= 11 is 6.17. The first kappa shape index (κ1) is 15.9. The highest BCUT2D eigenvalue weighted by Crippen LogP contribution is 2.26. The van der Waals surface area contributed by atoms with Gasteiger partial charge in [-0.15, -0.1) is 0 Å². The zero-order valence-electron chi connectivity index (χ0n) is 11.7. The Hall–Kier alpha value is -1.50. The molecule has 0 radical (unpaired) electrons. The molecular weight excluding hydrogens is 294 g/mol. The lowest BCUT2D eigenvalue weighted by molar-refractivity contribution is 0.0159. The molecule has 1 aliphatic rings. The number of aliphatic hydroxyl groups is 1. The number of hydrogen-bond donors (Lipinski definition) is 3. The fourth-order valence-electron chi connectivity index (χ4n) is 2.46. The van der Waals surface area contributed by atoms with Crippen LogP contribution in [-0.4, -0.2) is 48.6 Å². The van der Waals surface area contributed by atoms with Crippen molar-refractivity contribution >= 4 is 23.1 Å². The van der Waals surface area contributed by atoms with Crippen molar-refractivity contribution in [3.63, 3.8) is 0 Å². The Morgan fingerprint density at radius 3 is 2.71 bits per heavy atom. The highest BCUT2D eigenvalue weighted by atomic mass is 35.5. The zero-order chi connectivity index (χ0) is 15.2. The Balaban J connectivity index is 1.99. The van der Waals surface area contributed by atoms with Crippen molar-refractivity contribution in [2.75, 3.05) is 31.2 Å². The van der Waals surface area contributed by atoms with Gasteiger partial charge in [0, 0.05) is 24.3 Å². The number of anilines is 1. The molecule has 21 heavy (non-hydrogen) atoms. The molecule has 0 aliphatic carbocycles. The van der Waals surface area contributed by atoms with Crippen molar-refractivity contribution < 1.29 is 15.1 Å². The van der Waals surface area contributed by atoms with Crippen LogP contribution in [0.4, 0.5) is 5.69 Å². The number of aliphatic hydroxyl groups excluding tert-OH is 1. The highest BCUT2D eigenvalue weighted by molar-refractivity contribution is 6.34. The molecule has 0 aromatic heterocycles. The lowest BCUT2D eigenvalue weighted by Gasteiger charge is -2.33. The van der Waals surface area contributed by atoms with Crippen LogP contribution in [0, 0.1) is 0 Å². The molecule has 0 spiro atoms. The van der Waals surface area contributed by atoms with Crippen LogP contribution < -0.4 is 10.6 Å². The molecule has 116 valence electrons. The number of rotatable bonds is 5. The third-order valence-electron chi connectivity index (χ3n) is 3.59. The number of benzene rings is 1. The van der Waals surface area contributed by atoms with E-state index in [4.69, 9.17) is 32.4 Å². The van der Waals surface area contributed by atoms with E-state index in [0.29, 0.717) is 17.2 Å². The summed E-state index contributed by atoms with van der Waals surface area (Å²) in [5.41, 5.74) is 7.08. The van der Waals surface area contributed by atoms with Crippen molar-refractivity contribution in [3.05, 3.63) is 28.8 Å². The van der Waals surface area contributed by atoms with Crippen molar-refractivity contribution in [2.24, 2.45) is 10.9 Å². The predicted molar refractivity (Wildman–Crippen MR) is 82.2 cm³/mol. The summed E-state index contributed by atoms with van der Waals surface area (Å²) in [6.07, 6.45) is 2.04. The van der Waals surface area contributed by atoms with Crippen LogP contribution in [0.5, 0.6) is 0 Å². The minimum Gasteiger partial charge on any atom is -0.409 e. The standard InChI is InChI=1S/C14H20ClN3O3/c15-13-9-10(1-2-12(13)14(16)17-20)18-5-3-11(4-6-18)21-8-7-19/h1-2,9,11,19-20H,3-8H2,(H2,16,17). The number of nitrogens with zero attached hydrogens (tertiary/aromatic N) is 2. The maximum Gasteiger partial charge on any atom is 0.171 e. The fraction of sp³-hybridized carbons (Fsp3) is 0.500. The lowest BCUT2D eigenvalue weighted by atomic mass is 10.1. The first-order valence-electron chi connectivity index (χ1n) is 6.90. The van der Waals surface area contributed by atoms with Gasteiger partial charge in [0.1, 0.15) is 0 Å². The Morgan fingerprint density at radius 2 is 2.14 bits per heavy atom. The minimum atomic E-state index is 0.00246. The Morgan fingerprint density at radius 1 is 1.43 bits per heavy atom. The van der Waals surface area contributed by atoms with Gasteiger partial charge in [-0.2, -0.15) is 0 Å². The summed E-state index contributed by atoms with van der Waals surface area (Å²) in [6.45, 7) is 2.20. The number of halogens is 1. The molecule has 1 aromatic rings. The van der Waals surface area contributed by atoms with Gasteiger partial charge in [-0.1, -0.05) is 16.8 Å². The molecule has 0 bridgehead atoms. The topological polar surface area (TPSA) is 91.3 Å². The van der Waals surface area contributed by atoms with E-state index in [1.54, 1.807) is 6.07 Å². The third kappa shape index (κ3) is 4.00. The first-order valence-corrected chi connectivity index (χ1v) is 7.28. The minimum absolute atomic E-state index is 0.00246. The zero-order valence-corrected chi connectivity index (χ0v) is 12.5. The van der Waals surface area contributed by atoms with Crippen LogP contribution in [0.2, 0.25) is 5.02 Å². The largest absolute Gasteiger partial charge is 0.409 e. The van der Waals surface area contributed by atoms with E-state index in [9.17, 15) is 0 Å². The molecule has 0 amide bonds. The number of oxime groups is 1. The second-order valence-electron chi connectivity index (χ2n) is 4.93. The fourth-order valence-corrected chi connectivity index (χ4v) is 2.73.